The zero-order valence-electron chi connectivity index (χ0n) is 13.3. The maximum atomic E-state index is 12.0. The van der Waals surface area contributed by atoms with Crippen LogP contribution in [0.2, 0.25) is 0 Å². The highest BCUT2D eigenvalue weighted by molar-refractivity contribution is 5.97. The van der Waals surface area contributed by atoms with Crippen LogP contribution < -0.4 is 16.0 Å². The van der Waals surface area contributed by atoms with Gasteiger partial charge in [0.05, 0.1) is 6.54 Å². The maximum absolute atomic E-state index is 12.0. The Balaban J connectivity index is 1.71. The van der Waals surface area contributed by atoms with E-state index in [2.05, 4.69) is 16.0 Å². The molecule has 1 aromatic rings. The minimum atomic E-state index is -0.614. The fourth-order valence-corrected chi connectivity index (χ4v) is 2.61. The van der Waals surface area contributed by atoms with E-state index in [1.165, 1.54) is 0 Å². The van der Waals surface area contributed by atoms with E-state index < -0.39 is 6.04 Å². The van der Waals surface area contributed by atoms with Gasteiger partial charge >= 0.3 is 0 Å². The number of hydrogen-bond donors (Lipinski definition) is 3. The van der Waals surface area contributed by atoms with Crippen LogP contribution in [0.15, 0.2) is 30.3 Å². The second-order valence-corrected chi connectivity index (χ2v) is 5.83. The summed E-state index contributed by atoms with van der Waals surface area (Å²) in [6, 6.07) is 8.27. The predicted octanol–water partition coefficient (Wildman–Crippen LogP) is 0.980. The molecule has 0 aromatic heterocycles. The van der Waals surface area contributed by atoms with Gasteiger partial charge in [0, 0.05) is 11.6 Å². The first-order valence-corrected chi connectivity index (χ1v) is 7.99. The summed E-state index contributed by atoms with van der Waals surface area (Å²) in [6.07, 6.45) is 4.27. The number of hydrogen-bond acceptors (Lipinski definition) is 3. The number of nitrogens with one attached hydrogen (secondary N) is 3. The predicted molar refractivity (Wildman–Crippen MR) is 86.8 cm³/mol. The van der Waals surface area contributed by atoms with Crippen molar-refractivity contribution in [3.63, 3.8) is 0 Å². The van der Waals surface area contributed by atoms with Gasteiger partial charge in [0.2, 0.25) is 11.8 Å². The quantitative estimate of drug-likeness (QED) is 0.731. The number of carbonyl (C=O) groups is 3. The smallest absolute Gasteiger partial charge is 0.251 e. The summed E-state index contributed by atoms with van der Waals surface area (Å²) in [6.45, 7) is 1.48. The van der Waals surface area contributed by atoms with Crippen molar-refractivity contribution in [1.82, 2.24) is 16.0 Å². The lowest BCUT2D eigenvalue weighted by Crippen LogP contribution is -2.49. The summed E-state index contributed by atoms with van der Waals surface area (Å²) in [5.41, 5.74) is 0.493. The third-order valence-electron chi connectivity index (χ3n) is 3.92. The Labute approximate surface area is 136 Å². The van der Waals surface area contributed by atoms with Gasteiger partial charge in [-0.2, -0.15) is 0 Å². The van der Waals surface area contributed by atoms with Crippen LogP contribution in [-0.4, -0.2) is 36.3 Å². The largest absolute Gasteiger partial charge is 0.352 e. The van der Waals surface area contributed by atoms with Crippen LogP contribution in [0.25, 0.3) is 0 Å². The van der Waals surface area contributed by atoms with Crippen LogP contribution in [0, 0.1) is 0 Å². The van der Waals surface area contributed by atoms with E-state index in [0.29, 0.717) is 5.56 Å². The molecular formula is C17H23N3O3. The average Bonchev–Trinajstić information content (AvgIpc) is 3.06. The summed E-state index contributed by atoms with van der Waals surface area (Å²) in [7, 11) is 0. The van der Waals surface area contributed by atoms with E-state index in [4.69, 9.17) is 0 Å². The standard InChI is InChI=1S/C17H23N3O3/c1-12(16(22)20-14-9-5-6-10-14)19-15(21)11-18-17(23)13-7-3-2-4-8-13/h2-4,7-8,12,14H,5-6,9-11H2,1H3,(H,18,23)(H,19,21)(H,20,22)/t12-/m1/s1. The van der Waals surface area contributed by atoms with Crippen molar-refractivity contribution in [3.8, 4) is 0 Å². The molecular weight excluding hydrogens is 294 g/mol. The lowest BCUT2D eigenvalue weighted by Gasteiger charge is -2.17. The van der Waals surface area contributed by atoms with Gasteiger partial charge in [-0.05, 0) is 31.9 Å². The molecule has 1 atom stereocenters. The number of benzene rings is 1. The normalized spacial score (nSPS) is 15.7. The molecule has 124 valence electrons. The molecule has 1 aliphatic rings. The molecule has 23 heavy (non-hydrogen) atoms. The molecule has 1 aliphatic carbocycles. The number of carbonyl (C=O) groups excluding carboxylic acids is 3. The highest BCUT2D eigenvalue weighted by atomic mass is 16.2. The molecule has 1 aromatic carbocycles. The van der Waals surface area contributed by atoms with Gasteiger partial charge in [0.1, 0.15) is 6.04 Å². The Hall–Kier alpha value is -2.37. The molecule has 0 saturated heterocycles. The van der Waals surface area contributed by atoms with Crippen LogP contribution >= 0.6 is 0 Å². The SMILES string of the molecule is C[C@@H](NC(=O)CNC(=O)c1ccccc1)C(=O)NC1CCCC1. The first-order valence-electron chi connectivity index (χ1n) is 7.99. The Morgan fingerprint density at radius 3 is 2.43 bits per heavy atom. The molecule has 0 radical (unpaired) electrons. The van der Waals surface area contributed by atoms with Gasteiger partial charge in [0.15, 0.2) is 0 Å². The van der Waals surface area contributed by atoms with Crippen LogP contribution in [0.3, 0.4) is 0 Å². The summed E-state index contributed by atoms with van der Waals surface area (Å²) in [5.74, 6) is -0.883. The first-order chi connectivity index (χ1) is 11.1. The monoisotopic (exact) mass is 317 g/mol. The van der Waals surface area contributed by atoms with Gasteiger partial charge in [-0.15, -0.1) is 0 Å². The Morgan fingerprint density at radius 1 is 1.13 bits per heavy atom. The van der Waals surface area contributed by atoms with Gasteiger partial charge in [-0.1, -0.05) is 31.0 Å². The van der Waals surface area contributed by atoms with Crippen LogP contribution in [-0.2, 0) is 9.59 Å². The minimum absolute atomic E-state index is 0.158. The van der Waals surface area contributed by atoms with E-state index >= 15 is 0 Å². The van der Waals surface area contributed by atoms with Crippen molar-refractivity contribution in [3.05, 3.63) is 35.9 Å². The van der Waals surface area contributed by atoms with Crippen molar-refractivity contribution in [1.29, 1.82) is 0 Å². The topological polar surface area (TPSA) is 87.3 Å². The van der Waals surface area contributed by atoms with Crippen molar-refractivity contribution in [2.24, 2.45) is 0 Å². The molecule has 3 N–H and O–H groups in total. The van der Waals surface area contributed by atoms with E-state index in [1.54, 1.807) is 31.2 Å². The zero-order chi connectivity index (χ0) is 16.7. The molecule has 3 amide bonds. The third-order valence-corrected chi connectivity index (χ3v) is 3.92. The molecule has 1 fully saturated rings. The molecule has 2 rings (SSSR count). The van der Waals surface area contributed by atoms with E-state index in [-0.39, 0.29) is 30.3 Å². The van der Waals surface area contributed by atoms with E-state index in [1.807, 2.05) is 6.07 Å². The lowest BCUT2D eigenvalue weighted by atomic mass is 10.2. The van der Waals surface area contributed by atoms with Crippen LogP contribution in [0.5, 0.6) is 0 Å². The second kappa shape index (κ2) is 8.31. The van der Waals surface area contributed by atoms with Crippen molar-refractivity contribution in [2.75, 3.05) is 6.54 Å². The molecule has 6 nitrogen and oxygen atoms in total. The molecule has 6 heteroatoms. The van der Waals surface area contributed by atoms with Gasteiger partial charge in [-0.3, -0.25) is 14.4 Å². The second-order valence-electron chi connectivity index (χ2n) is 5.83. The Morgan fingerprint density at radius 2 is 1.78 bits per heavy atom. The lowest BCUT2D eigenvalue weighted by molar-refractivity contribution is -0.128. The Kier molecular flexibility index (Phi) is 6.14. The van der Waals surface area contributed by atoms with Gasteiger partial charge < -0.3 is 16.0 Å². The fourth-order valence-electron chi connectivity index (χ4n) is 2.61. The molecule has 0 unspecified atom stereocenters. The van der Waals surface area contributed by atoms with Crippen molar-refractivity contribution in [2.45, 2.75) is 44.7 Å². The summed E-state index contributed by atoms with van der Waals surface area (Å²) < 4.78 is 0. The highest BCUT2D eigenvalue weighted by Gasteiger charge is 2.21. The highest BCUT2D eigenvalue weighted by Crippen LogP contribution is 2.17. The fraction of sp³-hybridized carbons (Fsp3) is 0.471. The maximum Gasteiger partial charge on any atom is 0.251 e. The average molecular weight is 317 g/mol. The van der Waals surface area contributed by atoms with Gasteiger partial charge in [0.25, 0.3) is 5.91 Å². The van der Waals surface area contributed by atoms with Crippen LogP contribution in [0.1, 0.15) is 43.0 Å². The summed E-state index contributed by atoms with van der Waals surface area (Å²) >= 11 is 0. The summed E-state index contributed by atoms with van der Waals surface area (Å²) in [4.78, 5) is 35.6. The molecule has 0 bridgehead atoms. The zero-order valence-corrected chi connectivity index (χ0v) is 13.3. The van der Waals surface area contributed by atoms with Crippen molar-refractivity contribution >= 4 is 17.7 Å². The minimum Gasteiger partial charge on any atom is -0.352 e. The van der Waals surface area contributed by atoms with E-state index in [9.17, 15) is 14.4 Å². The number of amides is 3. The molecule has 0 aliphatic heterocycles. The molecule has 0 spiro atoms. The molecule has 1 saturated carbocycles. The Bertz CT molecular complexity index is 553. The van der Waals surface area contributed by atoms with Crippen molar-refractivity contribution < 1.29 is 14.4 Å². The van der Waals surface area contributed by atoms with Crippen LogP contribution in [0.4, 0.5) is 0 Å². The van der Waals surface area contributed by atoms with E-state index in [0.717, 1.165) is 25.7 Å². The molecule has 0 heterocycles. The van der Waals surface area contributed by atoms with Gasteiger partial charge in [-0.25, -0.2) is 0 Å². The number of rotatable bonds is 6. The summed E-state index contributed by atoms with van der Waals surface area (Å²) in [5, 5.41) is 8.06. The third kappa shape index (κ3) is 5.39. The first kappa shape index (κ1) is 17.0.